The molecule has 1 amide bonds. The van der Waals surface area contributed by atoms with Crippen LogP contribution >= 0.6 is 34.4 Å². The standard InChI is InChI=1S/C18H18IN7O2S/c1-28-15-8-2-12(3-9-15)10-21-23-17-24-25-18(26(17)20)29-11-16(27)22-14-6-4-13(19)5-7-14/h2-10H,11,20H2,1H3,(H,22,27)(H,23,24)/b21-10+. The van der Waals surface area contributed by atoms with Gasteiger partial charge in [-0.2, -0.15) is 5.10 Å². The molecule has 11 heteroatoms. The summed E-state index contributed by atoms with van der Waals surface area (Å²) in [7, 11) is 1.61. The Balaban J connectivity index is 1.51. The van der Waals surface area contributed by atoms with E-state index in [9.17, 15) is 4.79 Å². The fourth-order valence-electron chi connectivity index (χ4n) is 2.17. The van der Waals surface area contributed by atoms with E-state index >= 15 is 0 Å². The number of halogens is 1. The first-order valence-corrected chi connectivity index (χ1v) is 10.4. The van der Waals surface area contributed by atoms with Gasteiger partial charge < -0.3 is 15.9 Å². The summed E-state index contributed by atoms with van der Waals surface area (Å²) >= 11 is 3.38. The molecule has 4 N–H and O–H groups in total. The van der Waals surface area contributed by atoms with Crippen LogP contribution in [0.1, 0.15) is 5.56 Å². The first-order chi connectivity index (χ1) is 14.0. The summed E-state index contributed by atoms with van der Waals surface area (Å²) in [5.74, 6) is 6.98. The largest absolute Gasteiger partial charge is 0.497 e. The van der Waals surface area contributed by atoms with Crippen LogP contribution in [0.4, 0.5) is 11.6 Å². The topological polar surface area (TPSA) is 119 Å². The summed E-state index contributed by atoms with van der Waals surface area (Å²) in [5.41, 5.74) is 4.35. The van der Waals surface area contributed by atoms with Gasteiger partial charge in [0.2, 0.25) is 11.1 Å². The summed E-state index contributed by atoms with van der Waals surface area (Å²) in [5, 5.41) is 15.2. The van der Waals surface area contributed by atoms with Gasteiger partial charge in [-0.25, -0.2) is 10.1 Å². The molecule has 1 aromatic heterocycles. The third-order valence-corrected chi connectivity index (χ3v) is 5.28. The highest BCUT2D eigenvalue weighted by molar-refractivity contribution is 14.1. The number of hydrazone groups is 1. The van der Waals surface area contributed by atoms with E-state index in [-0.39, 0.29) is 17.6 Å². The zero-order valence-corrected chi connectivity index (χ0v) is 18.3. The van der Waals surface area contributed by atoms with E-state index in [0.29, 0.717) is 5.16 Å². The second-order valence-electron chi connectivity index (χ2n) is 5.66. The lowest BCUT2D eigenvalue weighted by molar-refractivity contribution is -0.113. The van der Waals surface area contributed by atoms with E-state index in [0.717, 1.165) is 20.6 Å². The van der Waals surface area contributed by atoms with Gasteiger partial charge in [0.15, 0.2) is 0 Å². The number of amides is 1. The SMILES string of the molecule is COc1ccc(/C=N/Nc2nnc(SCC(=O)Nc3ccc(I)cc3)n2N)cc1. The molecule has 0 saturated carbocycles. The summed E-state index contributed by atoms with van der Waals surface area (Å²) < 4.78 is 7.45. The number of carbonyl (C=O) groups excluding carboxylic acids is 1. The molecule has 1 heterocycles. The first kappa shape index (κ1) is 20.9. The lowest BCUT2D eigenvalue weighted by atomic mass is 10.2. The fourth-order valence-corrected chi connectivity index (χ4v) is 3.18. The van der Waals surface area contributed by atoms with Gasteiger partial charge in [-0.1, -0.05) is 11.8 Å². The van der Waals surface area contributed by atoms with Crippen LogP contribution in [0.25, 0.3) is 0 Å². The number of rotatable bonds is 8. The number of nitrogen functional groups attached to an aromatic ring is 1. The molecule has 0 aliphatic carbocycles. The molecule has 0 aliphatic heterocycles. The molecule has 0 atom stereocenters. The Hall–Kier alpha value is -2.80. The third kappa shape index (κ3) is 6.09. The molecule has 0 bridgehead atoms. The molecule has 0 radical (unpaired) electrons. The molecular weight excluding hydrogens is 505 g/mol. The van der Waals surface area contributed by atoms with Crippen LogP contribution in [0.3, 0.4) is 0 Å². The minimum atomic E-state index is -0.161. The quantitative estimate of drug-likeness (QED) is 0.137. The first-order valence-electron chi connectivity index (χ1n) is 8.37. The molecule has 29 heavy (non-hydrogen) atoms. The number of carbonyl (C=O) groups is 1. The molecule has 9 nitrogen and oxygen atoms in total. The van der Waals surface area contributed by atoms with Crippen LogP contribution < -0.4 is 21.3 Å². The fraction of sp³-hybridized carbons (Fsp3) is 0.111. The molecule has 0 aliphatic rings. The van der Waals surface area contributed by atoms with E-state index in [2.05, 4.69) is 48.6 Å². The van der Waals surface area contributed by atoms with Crippen molar-refractivity contribution < 1.29 is 9.53 Å². The van der Waals surface area contributed by atoms with Crippen LogP contribution in [0, 0.1) is 3.57 Å². The minimum absolute atomic E-state index is 0.149. The number of aromatic nitrogens is 3. The number of thioether (sulfide) groups is 1. The van der Waals surface area contributed by atoms with Crippen molar-refractivity contribution in [3.05, 3.63) is 57.7 Å². The minimum Gasteiger partial charge on any atom is -0.497 e. The predicted octanol–water partition coefficient (Wildman–Crippen LogP) is 2.78. The van der Waals surface area contributed by atoms with Crippen LogP contribution in [0.2, 0.25) is 0 Å². The Morgan fingerprint density at radius 2 is 1.97 bits per heavy atom. The molecule has 3 rings (SSSR count). The Morgan fingerprint density at radius 1 is 1.24 bits per heavy atom. The average Bonchev–Trinajstić information content (AvgIpc) is 3.08. The van der Waals surface area contributed by atoms with Gasteiger partial charge >= 0.3 is 0 Å². The number of nitrogens with zero attached hydrogens (tertiary/aromatic N) is 4. The molecule has 3 aromatic rings. The van der Waals surface area contributed by atoms with Crippen molar-refractivity contribution in [1.29, 1.82) is 0 Å². The molecule has 0 fully saturated rings. The second kappa shape index (κ2) is 10.1. The van der Waals surface area contributed by atoms with E-state index in [1.165, 1.54) is 16.4 Å². The van der Waals surface area contributed by atoms with E-state index in [1.54, 1.807) is 13.3 Å². The highest BCUT2D eigenvalue weighted by Crippen LogP contribution is 2.18. The van der Waals surface area contributed by atoms with Crippen LogP contribution in [0.15, 0.2) is 58.8 Å². The van der Waals surface area contributed by atoms with Crippen molar-refractivity contribution in [3.63, 3.8) is 0 Å². The number of nitrogens with two attached hydrogens (primary N) is 1. The zero-order chi connectivity index (χ0) is 20.6. The highest BCUT2D eigenvalue weighted by atomic mass is 127. The summed E-state index contributed by atoms with van der Waals surface area (Å²) in [6.45, 7) is 0. The molecular formula is C18H18IN7O2S. The smallest absolute Gasteiger partial charge is 0.264 e. The molecule has 0 saturated heterocycles. The summed E-state index contributed by atoms with van der Waals surface area (Å²) in [6.07, 6.45) is 1.62. The number of methoxy groups -OCH3 is 1. The predicted molar refractivity (Wildman–Crippen MR) is 123 cm³/mol. The number of ether oxygens (including phenoxy) is 1. The van der Waals surface area contributed by atoms with Gasteiger partial charge in [0.1, 0.15) is 5.75 Å². The molecule has 150 valence electrons. The highest BCUT2D eigenvalue weighted by Gasteiger charge is 2.12. The maximum Gasteiger partial charge on any atom is 0.264 e. The summed E-state index contributed by atoms with van der Waals surface area (Å²) in [6, 6.07) is 14.9. The Bertz CT molecular complexity index is 990. The Labute approximate surface area is 185 Å². The van der Waals surface area contributed by atoms with Crippen LogP contribution in [-0.4, -0.2) is 39.9 Å². The van der Waals surface area contributed by atoms with Gasteiger partial charge in [-0.15, -0.1) is 10.2 Å². The lowest BCUT2D eigenvalue weighted by Gasteiger charge is -2.05. The van der Waals surface area contributed by atoms with Gasteiger partial charge in [-0.3, -0.25) is 4.79 Å². The number of benzene rings is 2. The maximum absolute atomic E-state index is 12.1. The monoisotopic (exact) mass is 523 g/mol. The van der Waals surface area contributed by atoms with Crippen molar-refractivity contribution in [3.8, 4) is 5.75 Å². The molecule has 2 aromatic carbocycles. The van der Waals surface area contributed by atoms with E-state index in [4.69, 9.17) is 10.6 Å². The van der Waals surface area contributed by atoms with Gasteiger partial charge in [-0.05, 0) is 76.7 Å². The van der Waals surface area contributed by atoms with Gasteiger partial charge in [0, 0.05) is 9.26 Å². The van der Waals surface area contributed by atoms with Crippen molar-refractivity contribution in [2.75, 3.05) is 29.4 Å². The van der Waals surface area contributed by atoms with Crippen LogP contribution in [0.5, 0.6) is 5.75 Å². The maximum atomic E-state index is 12.1. The second-order valence-corrected chi connectivity index (χ2v) is 7.85. The summed E-state index contributed by atoms with van der Waals surface area (Å²) in [4.78, 5) is 12.1. The zero-order valence-electron chi connectivity index (χ0n) is 15.4. The van der Waals surface area contributed by atoms with Crippen molar-refractivity contribution in [1.82, 2.24) is 14.9 Å². The van der Waals surface area contributed by atoms with E-state index < -0.39 is 0 Å². The number of nitrogens with one attached hydrogen (secondary N) is 2. The van der Waals surface area contributed by atoms with Gasteiger partial charge in [0.25, 0.3) is 5.95 Å². The van der Waals surface area contributed by atoms with Crippen LogP contribution in [-0.2, 0) is 4.79 Å². The lowest BCUT2D eigenvalue weighted by Crippen LogP contribution is -2.16. The normalized spacial score (nSPS) is 10.8. The van der Waals surface area contributed by atoms with E-state index in [1.807, 2.05) is 48.5 Å². The molecule has 0 spiro atoms. The van der Waals surface area contributed by atoms with Gasteiger partial charge in [0.05, 0.1) is 19.1 Å². The molecule has 0 unspecified atom stereocenters. The number of hydrogen-bond acceptors (Lipinski definition) is 8. The number of anilines is 2. The average molecular weight is 523 g/mol. The van der Waals surface area contributed by atoms with Crippen molar-refractivity contribution >= 4 is 58.1 Å². The van der Waals surface area contributed by atoms with Crippen molar-refractivity contribution in [2.24, 2.45) is 5.10 Å². The third-order valence-electron chi connectivity index (χ3n) is 3.62. The number of hydrogen-bond donors (Lipinski definition) is 3. The Kier molecular flexibility index (Phi) is 7.30. The Morgan fingerprint density at radius 3 is 2.66 bits per heavy atom. The van der Waals surface area contributed by atoms with Crippen molar-refractivity contribution in [2.45, 2.75) is 5.16 Å².